The fourth-order valence-corrected chi connectivity index (χ4v) is 3.13. The zero-order valence-corrected chi connectivity index (χ0v) is 18.0. The molecule has 0 saturated heterocycles. The maximum Gasteiger partial charge on any atom is 0.338 e. The van der Waals surface area contributed by atoms with Crippen molar-refractivity contribution in [2.45, 2.75) is 0 Å². The molecular weight excluding hydrogens is 420 g/mol. The van der Waals surface area contributed by atoms with E-state index in [9.17, 15) is 14.7 Å². The first kappa shape index (κ1) is 22.5. The summed E-state index contributed by atoms with van der Waals surface area (Å²) in [5.74, 6) is -0.0455. The summed E-state index contributed by atoms with van der Waals surface area (Å²) in [5, 5.41) is 9.86. The molecule has 0 saturated carbocycles. The van der Waals surface area contributed by atoms with E-state index in [1.54, 1.807) is 30.3 Å². The van der Waals surface area contributed by atoms with Crippen LogP contribution in [0.1, 0.15) is 11.1 Å². The van der Waals surface area contributed by atoms with Crippen LogP contribution in [0.4, 0.5) is 0 Å². The van der Waals surface area contributed by atoms with Crippen molar-refractivity contribution >= 4 is 24.1 Å². The molecule has 9 heteroatoms. The summed E-state index contributed by atoms with van der Waals surface area (Å²) >= 11 is 0. The molecule has 3 rings (SSSR count). The van der Waals surface area contributed by atoms with Crippen molar-refractivity contribution in [3.8, 4) is 28.7 Å². The summed E-state index contributed by atoms with van der Waals surface area (Å²) in [6.07, 6.45) is 2.73. The zero-order chi connectivity index (χ0) is 23.3. The maximum absolute atomic E-state index is 12.5. The Morgan fingerprint density at radius 1 is 0.844 bits per heavy atom. The van der Waals surface area contributed by atoms with Crippen molar-refractivity contribution in [2.75, 3.05) is 35.2 Å². The molecule has 168 valence electrons. The summed E-state index contributed by atoms with van der Waals surface area (Å²) in [6.45, 7) is 0.0860. The van der Waals surface area contributed by atoms with Gasteiger partial charge in [0.25, 0.3) is 0 Å². The minimum absolute atomic E-state index is 0.0860. The Bertz CT molecular complexity index is 1070. The van der Waals surface area contributed by atoms with Crippen LogP contribution in [0.25, 0.3) is 12.2 Å². The molecule has 0 unspecified atom stereocenters. The molecule has 0 aromatic heterocycles. The molecule has 2 aromatic carbocycles. The number of rotatable bonds is 8. The summed E-state index contributed by atoms with van der Waals surface area (Å²) in [7, 11) is 5.54. The van der Waals surface area contributed by atoms with E-state index in [1.165, 1.54) is 40.6 Å². The average molecular weight is 442 g/mol. The SMILES string of the molecule is COC(=O)C(=C/c1cc(OC)c(OC)c(OC)c1)/C(=C\c1ccc2c(c1)OCO2)C(=O)O. The van der Waals surface area contributed by atoms with Crippen LogP contribution in [0.2, 0.25) is 0 Å². The highest BCUT2D eigenvalue weighted by molar-refractivity contribution is 6.12. The van der Waals surface area contributed by atoms with Gasteiger partial charge < -0.3 is 33.5 Å². The van der Waals surface area contributed by atoms with E-state index in [0.717, 1.165) is 0 Å². The number of aliphatic carboxylic acids is 1. The third-order valence-corrected chi connectivity index (χ3v) is 4.63. The first-order valence-electron chi connectivity index (χ1n) is 9.36. The van der Waals surface area contributed by atoms with E-state index in [4.69, 9.17) is 28.4 Å². The van der Waals surface area contributed by atoms with Gasteiger partial charge in [0.2, 0.25) is 12.5 Å². The van der Waals surface area contributed by atoms with E-state index in [0.29, 0.717) is 39.9 Å². The average Bonchev–Trinajstić information content (AvgIpc) is 3.27. The van der Waals surface area contributed by atoms with Crippen LogP contribution in [0, 0.1) is 0 Å². The van der Waals surface area contributed by atoms with E-state index in [-0.39, 0.29) is 17.9 Å². The van der Waals surface area contributed by atoms with Crippen molar-refractivity contribution in [3.05, 3.63) is 52.6 Å². The smallest absolute Gasteiger partial charge is 0.338 e. The van der Waals surface area contributed by atoms with E-state index >= 15 is 0 Å². The predicted molar refractivity (Wildman–Crippen MR) is 114 cm³/mol. The van der Waals surface area contributed by atoms with Gasteiger partial charge >= 0.3 is 11.9 Å². The number of carboxylic acid groups (broad SMARTS) is 1. The minimum Gasteiger partial charge on any atom is -0.493 e. The largest absolute Gasteiger partial charge is 0.493 e. The number of methoxy groups -OCH3 is 4. The molecule has 0 spiro atoms. The Morgan fingerprint density at radius 2 is 1.47 bits per heavy atom. The maximum atomic E-state index is 12.5. The van der Waals surface area contributed by atoms with Crippen LogP contribution >= 0.6 is 0 Å². The van der Waals surface area contributed by atoms with Gasteiger partial charge in [0.05, 0.1) is 39.6 Å². The first-order valence-corrected chi connectivity index (χ1v) is 9.36. The summed E-state index contributed by atoms with van der Waals surface area (Å²) in [4.78, 5) is 24.6. The Hall–Kier alpha value is -4.14. The van der Waals surface area contributed by atoms with Gasteiger partial charge in [-0.25, -0.2) is 9.59 Å². The van der Waals surface area contributed by atoms with Gasteiger partial charge in [-0.1, -0.05) is 6.07 Å². The molecule has 9 nitrogen and oxygen atoms in total. The van der Waals surface area contributed by atoms with Crippen molar-refractivity contribution < 1.29 is 43.1 Å². The van der Waals surface area contributed by atoms with Gasteiger partial charge in [0, 0.05) is 0 Å². The molecule has 0 radical (unpaired) electrons. The lowest BCUT2D eigenvalue weighted by Crippen LogP contribution is -2.13. The van der Waals surface area contributed by atoms with Gasteiger partial charge in [0.15, 0.2) is 23.0 Å². The van der Waals surface area contributed by atoms with Gasteiger partial charge in [0.1, 0.15) is 0 Å². The van der Waals surface area contributed by atoms with E-state index in [2.05, 4.69) is 0 Å². The highest BCUT2D eigenvalue weighted by Crippen LogP contribution is 2.39. The Morgan fingerprint density at radius 3 is 2.03 bits per heavy atom. The van der Waals surface area contributed by atoms with Gasteiger partial charge in [-0.2, -0.15) is 0 Å². The summed E-state index contributed by atoms with van der Waals surface area (Å²) in [5.41, 5.74) is 0.500. The number of carbonyl (C=O) groups is 2. The topological polar surface area (TPSA) is 110 Å². The highest BCUT2D eigenvalue weighted by atomic mass is 16.7. The number of fused-ring (bicyclic) bond motifs is 1. The molecule has 32 heavy (non-hydrogen) atoms. The Balaban J connectivity index is 2.14. The molecule has 1 N–H and O–H groups in total. The lowest BCUT2D eigenvalue weighted by Gasteiger charge is -2.14. The standard InChI is InChI=1S/C23H22O9/c1-27-19-10-14(11-20(28-2)21(19)29-3)8-16(23(26)30-4)15(22(24)25)7-13-5-6-17-18(9-13)32-12-31-17/h5-11H,12H2,1-4H3,(H,24,25)/b15-7+,16-8+. The Labute approximate surface area is 184 Å². The molecule has 0 aliphatic carbocycles. The van der Waals surface area contributed by atoms with E-state index in [1.807, 2.05) is 0 Å². The molecule has 1 aliphatic heterocycles. The molecule has 0 atom stereocenters. The van der Waals surface area contributed by atoms with Crippen LogP contribution in [-0.4, -0.2) is 52.3 Å². The number of carbonyl (C=O) groups excluding carboxylic acids is 1. The zero-order valence-electron chi connectivity index (χ0n) is 18.0. The molecule has 2 aromatic rings. The number of ether oxygens (including phenoxy) is 6. The van der Waals surface area contributed by atoms with Crippen LogP contribution in [-0.2, 0) is 14.3 Å². The van der Waals surface area contributed by atoms with Crippen molar-refractivity contribution in [1.29, 1.82) is 0 Å². The second-order valence-electron chi connectivity index (χ2n) is 6.48. The number of hydrogen-bond donors (Lipinski definition) is 1. The molecule has 0 fully saturated rings. The normalized spacial score (nSPS) is 12.9. The second kappa shape index (κ2) is 9.78. The first-order chi connectivity index (χ1) is 15.4. The summed E-state index contributed by atoms with van der Waals surface area (Å²) in [6, 6.07) is 8.12. The van der Waals surface area contributed by atoms with Gasteiger partial charge in [-0.15, -0.1) is 0 Å². The van der Waals surface area contributed by atoms with Crippen LogP contribution < -0.4 is 23.7 Å². The molecule has 0 amide bonds. The number of esters is 1. The van der Waals surface area contributed by atoms with Gasteiger partial charge in [-0.3, -0.25) is 0 Å². The third-order valence-electron chi connectivity index (χ3n) is 4.63. The van der Waals surface area contributed by atoms with Crippen molar-refractivity contribution in [3.63, 3.8) is 0 Å². The molecule has 0 bridgehead atoms. The number of benzene rings is 2. The van der Waals surface area contributed by atoms with Gasteiger partial charge in [-0.05, 0) is 47.5 Å². The fourth-order valence-electron chi connectivity index (χ4n) is 3.13. The number of carboxylic acids is 1. The highest BCUT2D eigenvalue weighted by Gasteiger charge is 2.23. The minimum atomic E-state index is -1.31. The Kier molecular flexibility index (Phi) is 6.89. The molecular formula is C23H22O9. The summed E-state index contributed by atoms with van der Waals surface area (Å²) < 4.78 is 31.4. The van der Waals surface area contributed by atoms with Crippen molar-refractivity contribution in [2.24, 2.45) is 0 Å². The van der Waals surface area contributed by atoms with E-state index < -0.39 is 11.9 Å². The molecule has 1 aliphatic rings. The second-order valence-corrected chi connectivity index (χ2v) is 6.48. The molecule has 1 heterocycles. The predicted octanol–water partition coefficient (Wildman–Crippen LogP) is 3.17. The lowest BCUT2D eigenvalue weighted by atomic mass is 9.99. The van der Waals surface area contributed by atoms with Crippen molar-refractivity contribution in [1.82, 2.24) is 0 Å². The lowest BCUT2D eigenvalue weighted by molar-refractivity contribution is -0.138. The van der Waals surface area contributed by atoms with Crippen LogP contribution in [0.5, 0.6) is 28.7 Å². The number of hydrogen-bond acceptors (Lipinski definition) is 8. The fraction of sp³-hybridized carbons (Fsp3) is 0.217. The quantitative estimate of drug-likeness (QED) is 0.374. The third kappa shape index (κ3) is 4.61. The monoisotopic (exact) mass is 442 g/mol. The van der Waals surface area contributed by atoms with Crippen LogP contribution in [0.3, 0.4) is 0 Å². The van der Waals surface area contributed by atoms with Crippen LogP contribution in [0.15, 0.2) is 41.5 Å².